The lowest BCUT2D eigenvalue weighted by Crippen LogP contribution is -2.24. The van der Waals surface area contributed by atoms with Crippen LogP contribution >= 0.6 is 11.6 Å². The van der Waals surface area contributed by atoms with Crippen molar-refractivity contribution in [3.8, 4) is 0 Å². The van der Waals surface area contributed by atoms with Crippen LogP contribution in [0.2, 0.25) is 5.02 Å². The van der Waals surface area contributed by atoms with Crippen LogP contribution in [-0.4, -0.2) is 6.54 Å². The van der Waals surface area contributed by atoms with Crippen LogP contribution in [-0.2, 0) is 0 Å². The third kappa shape index (κ3) is 4.10. The van der Waals surface area contributed by atoms with Gasteiger partial charge in [0.2, 0.25) is 0 Å². The largest absolute Gasteiger partial charge is 0.307 e. The number of allylic oxidation sites excluding steroid dienone is 1. The zero-order valence-corrected chi connectivity index (χ0v) is 13.5. The minimum absolute atomic E-state index is 0.365. The fourth-order valence-corrected chi connectivity index (χ4v) is 3.02. The lowest BCUT2D eigenvalue weighted by molar-refractivity contribution is 0.567. The highest BCUT2D eigenvalue weighted by Gasteiger charge is 2.17. The molecule has 0 bridgehead atoms. The highest BCUT2D eigenvalue weighted by atomic mass is 35.5. The second-order valence-corrected chi connectivity index (χ2v) is 6.18. The van der Waals surface area contributed by atoms with E-state index in [0.717, 1.165) is 18.0 Å². The van der Waals surface area contributed by atoms with Gasteiger partial charge in [0, 0.05) is 5.02 Å². The molecule has 0 spiro atoms. The van der Waals surface area contributed by atoms with E-state index >= 15 is 0 Å². The Hall–Kier alpha value is -0.790. The quantitative estimate of drug-likeness (QED) is 0.698. The Labute approximate surface area is 128 Å². The molecule has 0 aliphatic heterocycles. The topological polar surface area (TPSA) is 12.0 Å². The molecular formula is C18H26ClN. The van der Waals surface area contributed by atoms with Crippen LogP contribution in [0.5, 0.6) is 0 Å². The summed E-state index contributed by atoms with van der Waals surface area (Å²) >= 11 is 6.17. The SMILES string of the molecule is CCCNC(C1=CCCCCC1)c1ccc(Cl)c(C)c1. The Morgan fingerprint density at radius 2 is 2.10 bits per heavy atom. The molecule has 0 heterocycles. The second-order valence-electron chi connectivity index (χ2n) is 5.77. The van der Waals surface area contributed by atoms with E-state index in [9.17, 15) is 0 Å². The molecule has 1 aromatic rings. The molecular weight excluding hydrogens is 266 g/mol. The van der Waals surface area contributed by atoms with Gasteiger partial charge in [-0.2, -0.15) is 0 Å². The van der Waals surface area contributed by atoms with Crippen molar-refractivity contribution in [3.05, 3.63) is 46.0 Å². The predicted molar refractivity (Wildman–Crippen MR) is 88.4 cm³/mol. The maximum Gasteiger partial charge on any atom is 0.0536 e. The van der Waals surface area contributed by atoms with Gasteiger partial charge in [-0.05, 0) is 62.8 Å². The van der Waals surface area contributed by atoms with E-state index in [0.29, 0.717) is 6.04 Å². The molecule has 1 unspecified atom stereocenters. The lowest BCUT2D eigenvalue weighted by atomic mass is 9.94. The molecule has 20 heavy (non-hydrogen) atoms. The molecule has 1 nitrogen and oxygen atoms in total. The first kappa shape index (κ1) is 15.6. The van der Waals surface area contributed by atoms with Gasteiger partial charge in [-0.25, -0.2) is 0 Å². The predicted octanol–water partition coefficient (Wildman–Crippen LogP) is 5.58. The Morgan fingerprint density at radius 1 is 1.25 bits per heavy atom. The molecule has 0 aromatic heterocycles. The fraction of sp³-hybridized carbons (Fsp3) is 0.556. The van der Waals surface area contributed by atoms with Crippen molar-refractivity contribution in [2.45, 2.75) is 58.4 Å². The summed E-state index contributed by atoms with van der Waals surface area (Å²) in [5.41, 5.74) is 4.09. The first-order chi connectivity index (χ1) is 9.72. The molecule has 110 valence electrons. The Morgan fingerprint density at radius 3 is 2.85 bits per heavy atom. The number of nitrogens with one attached hydrogen (secondary N) is 1. The zero-order chi connectivity index (χ0) is 14.4. The van der Waals surface area contributed by atoms with Gasteiger partial charge >= 0.3 is 0 Å². The van der Waals surface area contributed by atoms with Crippen molar-refractivity contribution >= 4 is 11.6 Å². The highest BCUT2D eigenvalue weighted by molar-refractivity contribution is 6.31. The maximum absolute atomic E-state index is 6.17. The van der Waals surface area contributed by atoms with Gasteiger partial charge in [0.25, 0.3) is 0 Å². The van der Waals surface area contributed by atoms with Crippen LogP contribution in [0.3, 0.4) is 0 Å². The summed E-state index contributed by atoms with van der Waals surface area (Å²) in [6, 6.07) is 6.81. The highest BCUT2D eigenvalue weighted by Crippen LogP contribution is 2.31. The van der Waals surface area contributed by atoms with Crippen LogP contribution in [0, 0.1) is 6.92 Å². The average molecular weight is 292 g/mol. The minimum Gasteiger partial charge on any atom is -0.307 e. The first-order valence-electron chi connectivity index (χ1n) is 7.90. The number of hydrogen-bond donors (Lipinski definition) is 1. The molecule has 0 saturated heterocycles. The third-order valence-corrected chi connectivity index (χ3v) is 4.48. The van der Waals surface area contributed by atoms with Crippen LogP contribution in [0.25, 0.3) is 0 Å². The smallest absolute Gasteiger partial charge is 0.0536 e. The molecule has 1 N–H and O–H groups in total. The number of aryl methyl sites for hydroxylation is 1. The lowest BCUT2D eigenvalue weighted by Gasteiger charge is -2.23. The summed E-state index contributed by atoms with van der Waals surface area (Å²) in [6.07, 6.45) is 10.1. The van der Waals surface area contributed by atoms with Crippen molar-refractivity contribution < 1.29 is 0 Å². The van der Waals surface area contributed by atoms with E-state index in [-0.39, 0.29) is 0 Å². The monoisotopic (exact) mass is 291 g/mol. The number of hydrogen-bond acceptors (Lipinski definition) is 1. The molecule has 0 saturated carbocycles. The van der Waals surface area contributed by atoms with Crippen LogP contribution in [0.1, 0.15) is 62.6 Å². The van der Waals surface area contributed by atoms with Crippen molar-refractivity contribution in [1.29, 1.82) is 0 Å². The second kappa shape index (κ2) is 7.85. The van der Waals surface area contributed by atoms with E-state index in [2.05, 4.69) is 37.4 Å². The summed E-state index contributed by atoms with van der Waals surface area (Å²) in [6.45, 7) is 5.37. The van der Waals surface area contributed by atoms with E-state index in [1.54, 1.807) is 5.57 Å². The minimum atomic E-state index is 0.365. The molecule has 2 rings (SSSR count). The molecule has 0 radical (unpaired) electrons. The van der Waals surface area contributed by atoms with Gasteiger partial charge in [0.15, 0.2) is 0 Å². The zero-order valence-electron chi connectivity index (χ0n) is 12.7. The van der Waals surface area contributed by atoms with Crippen LogP contribution in [0.15, 0.2) is 29.8 Å². The maximum atomic E-state index is 6.17. The number of rotatable bonds is 5. The van der Waals surface area contributed by atoms with Crippen LogP contribution in [0.4, 0.5) is 0 Å². The summed E-state index contributed by atoms with van der Waals surface area (Å²) in [7, 11) is 0. The summed E-state index contributed by atoms with van der Waals surface area (Å²) < 4.78 is 0. The van der Waals surface area contributed by atoms with E-state index < -0.39 is 0 Å². The van der Waals surface area contributed by atoms with E-state index in [1.807, 2.05) is 6.07 Å². The fourth-order valence-electron chi connectivity index (χ4n) is 2.90. The normalized spacial score (nSPS) is 17.4. The van der Waals surface area contributed by atoms with Gasteiger partial charge in [0.05, 0.1) is 6.04 Å². The Bertz CT molecular complexity index is 464. The number of benzene rings is 1. The van der Waals surface area contributed by atoms with Gasteiger partial charge < -0.3 is 5.32 Å². The summed E-state index contributed by atoms with van der Waals surface area (Å²) in [5, 5.41) is 4.58. The van der Waals surface area contributed by atoms with E-state index in [4.69, 9.17) is 11.6 Å². The summed E-state index contributed by atoms with van der Waals surface area (Å²) in [5.74, 6) is 0. The average Bonchev–Trinajstić information content (AvgIpc) is 2.72. The Balaban J connectivity index is 2.25. The molecule has 0 amide bonds. The number of halogens is 1. The molecule has 1 aromatic carbocycles. The molecule has 1 aliphatic carbocycles. The molecule has 1 atom stereocenters. The third-order valence-electron chi connectivity index (χ3n) is 4.06. The van der Waals surface area contributed by atoms with Crippen molar-refractivity contribution in [2.24, 2.45) is 0 Å². The van der Waals surface area contributed by atoms with E-state index in [1.165, 1.54) is 43.2 Å². The Kier molecular flexibility index (Phi) is 6.12. The standard InChI is InChI=1S/C18H26ClN/c1-3-12-20-18(15-8-6-4-5-7-9-15)16-10-11-17(19)14(2)13-16/h8,10-11,13,18,20H,3-7,9,12H2,1-2H3. The summed E-state index contributed by atoms with van der Waals surface area (Å²) in [4.78, 5) is 0. The molecule has 0 fully saturated rings. The van der Waals surface area contributed by atoms with Crippen molar-refractivity contribution in [2.75, 3.05) is 6.54 Å². The van der Waals surface area contributed by atoms with Gasteiger partial charge in [-0.3, -0.25) is 0 Å². The molecule has 1 aliphatic rings. The van der Waals surface area contributed by atoms with Crippen molar-refractivity contribution in [1.82, 2.24) is 5.32 Å². The van der Waals surface area contributed by atoms with Gasteiger partial charge in [-0.1, -0.05) is 48.7 Å². The first-order valence-corrected chi connectivity index (χ1v) is 8.28. The van der Waals surface area contributed by atoms with Gasteiger partial charge in [-0.15, -0.1) is 0 Å². The van der Waals surface area contributed by atoms with Gasteiger partial charge in [0.1, 0.15) is 0 Å². The van der Waals surface area contributed by atoms with Crippen molar-refractivity contribution in [3.63, 3.8) is 0 Å². The molecule has 2 heteroatoms. The van der Waals surface area contributed by atoms with Crippen LogP contribution < -0.4 is 5.32 Å².